The summed E-state index contributed by atoms with van der Waals surface area (Å²) in [6.07, 6.45) is 2.39. The standard InChI is InChI=1S/C15H19NO5/c1-4-5-6-12(15(18)19)16-14(17)11-8-7-10(20-2)9-13(11)21-3/h4,7-9,12H,1,5-6H2,2-3H3,(H,16,17)(H,18,19). The van der Waals surface area contributed by atoms with Gasteiger partial charge in [-0.3, -0.25) is 4.79 Å². The first-order valence-corrected chi connectivity index (χ1v) is 6.40. The number of carboxylic acid groups (broad SMARTS) is 1. The van der Waals surface area contributed by atoms with E-state index >= 15 is 0 Å². The summed E-state index contributed by atoms with van der Waals surface area (Å²) in [6.45, 7) is 3.54. The van der Waals surface area contributed by atoms with Crippen molar-refractivity contribution in [3.8, 4) is 11.5 Å². The smallest absolute Gasteiger partial charge is 0.326 e. The fourth-order valence-electron chi connectivity index (χ4n) is 1.76. The summed E-state index contributed by atoms with van der Waals surface area (Å²) in [6, 6.07) is 3.73. The van der Waals surface area contributed by atoms with Gasteiger partial charge in [-0.15, -0.1) is 6.58 Å². The molecule has 1 rings (SSSR count). The summed E-state index contributed by atoms with van der Waals surface area (Å²) < 4.78 is 10.2. The Morgan fingerprint density at radius 1 is 1.38 bits per heavy atom. The van der Waals surface area contributed by atoms with Gasteiger partial charge in [-0.05, 0) is 25.0 Å². The van der Waals surface area contributed by atoms with E-state index < -0.39 is 17.9 Å². The first-order chi connectivity index (χ1) is 10.0. The zero-order valence-electron chi connectivity index (χ0n) is 12.1. The number of rotatable bonds is 8. The van der Waals surface area contributed by atoms with Gasteiger partial charge < -0.3 is 19.9 Å². The van der Waals surface area contributed by atoms with Gasteiger partial charge in [0.2, 0.25) is 0 Å². The molecule has 0 radical (unpaired) electrons. The van der Waals surface area contributed by atoms with E-state index in [2.05, 4.69) is 11.9 Å². The maximum Gasteiger partial charge on any atom is 0.326 e. The minimum absolute atomic E-state index is 0.253. The summed E-state index contributed by atoms with van der Waals surface area (Å²) in [4.78, 5) is 23.3. The van der Waals surface area contributed by atoms with Gasteiger partial charge in [0.1, 0.15) is 17.5 Å². The van der Waals surface area contributed by atoms with Crippen molar-refractivity contribution in [2.24, 2.45) is 0 Å². The van der Waals surface area contributed by atoms with E-state index in [0.717, 1.165) is 0 Å². The molecule has 2 N–H and O–H groups in total. The first kappa shape index (κ1) is 16.6. The molecular formula is C15H19NO5. The van der Waals surface area contributed by atoms with Crippen molar-refractivity contribution in [3.63, 3.8) is 0 Å². The zero-order valence-corrected chi connectivity index (χ0v) is 12.1. The average molecular weight is 293 g/mol. The molecule has 1 atom stereocenters. The van der Waals surface area contributed by atoms with Crippen LogP contribution in [0.15, 0.2) is 30.9 Å². The molecule has 6 nitrogen and oxygen atoms in total. The van der Waals surface area contributed by atoms with E-state index in [-0.39, 0.29) is 12.0 Å². The Balaban J connectivity index is 2.91. The molecule has 1 aromatic carbocycles. The number of carboxylic acids is 1. The van der Waals surface area contributed by atoms with Crippen LogP contribution in [0.2, 0.25) is 0 Å². The molecule has 0 spiro atoms. The van der Waals surface area contributed by atoms with E-state index in [4.69, 9.17) is 14.6 Å². The van der Waals surface area contributed by atoms with Crippen molar-refractivity contribution in [1.82, 2.24) is 5.32 Å². The molecule has 0 aliphatic carbocycles. The number of methoxy groups -OCH3 is 2. The van der Waals surface area contributed by atoms with Gasteiger partial charge in [-0.2, -0.15) is 0 Å². The van der Waals surface area contributed by atoms with Crippen molar-refractivity contribution in [3.05, 3.63) is 36.4 Å². The van der Waals surface area contributed by atoms with Gasteiger partial charge in [0.05, 0.1) is 19.8 Å². The summed E-state index contributed by atoms with van der Waals surface area (Å²) >= 11 is 0. The number of benzene rings is 1. The SMILES string of the molecule is C=CCCC(NC(=O)c1ccc(OC)cc1OC)C(=O)O. The molecule has 0 fully saturated rings. The average Bonchev–Trinajstić information content (AvgIpc) is 2.50. The predicted octanol–water partition coefficient (Wildman–Crippen LogP) is 1.85. The van der Waals surface area contributed by atoms with Gasteiger partial charge in [-0.25, -0.2) is 4.79 Å². The van der Waals surface area contributed by atoms with Gasteiger partial charge in [-0.1, -0.05) is 6.08 Å². The summed E-state index contributed by atoms with van der Waals surface area (Å²) in [5.41, 5.74) is 0.253. The number of carbonyl (C=O) groups is 2. The Bertz CT molecular complexity index is 527. The Hall–Kier alpha value is -2.50. The quantitative estimate of drug-likeness (QED) is 0.715. The third-order valence-corrected chi connectivity index (χ3v) is 2.92. The van der Waals surface area contributed by atoms with E-state index in [9.17, 15) is 9.59 Å². The lowest BCUT2D eigenvalue weighted by molar-refractivity contribution is -0.139. The third-order valence-electron chi connectivity index (χ3n) is 2.92. The highest BCUT2D eigenvalue weighted by Crippen LogP contribution is 2.24. The number of hydrogen-bond donors (Lipinski definition) is 2. The summed E-state index contributed by atoms with van der Waals surface area (Å²) in [5, 5.41) is 11.6. The van der Waals surface area contributed by atoms with Crippen LogP contribution in [-0.4, -0.2) is 37.2 Å². The number of allylic oxidation sites excluding steroid dienone is 1. The Labute approximate surface area is 123 Å². The highest BCUT2D eigenvalue weighted by Gasteiger charge is 2.22. The maximum atomic E-state index is 12.2. The van der Waals surface area contributed by atoms with Crippen LogP contribution in [0.5, 0.6) is 11.5 Å². The van der Waals surface area contributed by atoms with Crippen molar-refractivity contribution in [2.45, 2.75) is 18.9 Å². The number of ether oxygens (including phenoxy) is 2. The lowest BCUT2D eigenvalue weighted by atomic mass is 10.1. The van der Waals surface area contributed by atoms with Gasteiger partial charge in [0.15, 0.2) is 0 Å². The third kappa shape index (κ3) is 4.52. The zero-order chi connectivity index (χ0) is 15.8. The molecule has 1 amide bonds. The van der Waals surface area contributed by atoms with Crippen LogP contribution in [0.25, 0.3) is 0 Å². The van der Waals surface area contributed by atoms with E-state index in [1.165, 1.54) is 20.3 Å². The van der Waals surface area contributed by atoms with Crippen molar-refractivity contribution >= 4 is 11.9 Å². The van der Waals surface area contributed by atoms with Gasteiger partial charge >= 0.3 is 5.97 Å². The second-order valence-corrected chi connectivity index (χ2v) is 4.30. The fraction of sp³-hybridized carbons (Fsp3) is 0.333. The van der Waals surface area contributed by atoms with Crippen molar-refractivity contribution < 1.29 is 24.2 Å². The maximum absolute atomic E-state index is 12.2. The summed E-state index contributed by atoms with van der Waals surface area (Å²) in [7, 11) is 2.93. The van der Waals surface area contributed by atoms with Crippen LogP contribution in [0.3, 0.4) is 0 Å². The minimum atomic E-state index is -1.09. The number of nitrogens with one attached hydrogen (secondary N) is 1. The van der Waals surface area contributed by atoms with Crippen molar-refractivity contribution in [1.29, 1.82) is 0 Å². The first-order valence-electron chi connectivity index (χ1n) is 6.40. The molecular weight excluding hydrogens is 274 g/mol. The lowest BCUT2D eigenvalue weighted by Crippen LogP contribution is -2.40. The fourth-order valence-corrected chi connectivity index (χ4v) is 1.76. The van der Waals surface area contributed by atoms with E-state index in [1.54, 1.807) is 18.2 Å². The highest BCUT2D eigenvalue weighted by atomic mass is 16.5. The topological polar surface area (TPSA) is 84.9 Å². The Morgan fingerprint density at radius 3 is 2.62 bits per heavy atom. The van der Waals surface area contributed by atoms with Crippen LogP contribution < -0.4 is 14.8 Å². The van der Waals surface area contributed by atoms with Crippen LogP contribution in [-0.2, 0) is 4.79 Å². The number of amides is 1. The van der Waals surface area contributed by atoms with Gasteiger partial charge in [0.25, 0.3) is 5.91 Å². The minimum Gasteiger partial charge on any atom is -0.497 e. The van der Waals surface area contributed by atoms with Gasteiger partial charge in [0, 0.05) is 6.07 Å². The number of aliphatic carboxylic acids is 1. The molecule has 0 bridgehead atoms. The highest BCUT2D eigenvalue weighted by molar-refractivity contribution is 5.99. The Morgan fingerprint density at radius 2 is 2.10 bits per heavy atom. The monoisotopic (exact) mass is 293 g/mol. The normalized spacial score (nSPS) is 11.3. The molecule has 0 saturated heterocycles. The summed E-state index contributed by atoms with van der Waals surface area (Å²) in [5.74, 6) is -0.729. The molecule has 6 heteroatoms. The van der Waals surface area contributed by atoms with Crippen LogP contribution in [0.1, 0.15) is 23.2 Å². The predicted molar refractivity (Wildman–Crippen MR) is 77.9 cm³/mol. The molecule has 0 aliphatic rings. The van der Waals surface area contributed by atoms with E-state index in [0.29, 0.717) is 17.9 Å². The lowest BCUT2D eigenvalue weighted by Gasteiger charge is -2.15. The Kier molecular flexibility index (Phi) is 6.26. The second kappa shape index (κ2) is 7.94. The van der Waals surface area contributed by atoms with Crippen molar-refractivity contribution in [2.75, 3.05) is 14.2 Å². The number of hydrogen-bond acceptors (Lipinski definition) is 4. The van der Waals surface area contributed by atoms with Crippen LogP contribution in [0, 0.1) is 0 Å². The molecule has 0 aromatic heterocycles. The number of carbonyl (C=O) groups excluding carboxylic acids is 1. The largest absolute Gasteiger partial charge is 0.497 e. The second-order valence-electron chi connectivity index (χ2n) is 4.30. The molecule has 114 valence electrons. The van der Waals surface area contributed by atoms with Crippen LogP contribution in [0.4, 0.5) is 0 Å². The molecule has 1 unspecified atom stereocenters. The molecule has 0 heterocycles. The molecule has 0 saturated carbocycles. The van der Waals surface area contributed by atoms with E-state index in [1.807, 2.05) is 0 Å². The molecule has 0 aliphatic heterocycles. The molecule has 1 aromatic rings. The van der Waals surface area contributed by atoms with Crippen LogP contribution >= 0.6 is 0 Å². The molecule has 21 heavy (non-hydrogen) atoms.